The number of carbonyl (C=O) groups excluding carboxylic acids is 2. The molecule has 0 heterocycles. The van der Waals surface area contributed by atoms with Gasteiger partial charge in [-0.2, -0.15) is 0 Å². The van der Waals surface area contributed by atoms with Gasteiger partial charge in [-0.25, -0.2) is 0 Å². The smallest absolute Gasteiger partial charge is 0.198 e. The van der Waals surface area contributed by atoms with E-state index < -0.39 is 0 Å². The summed E-state index contributed by atoms with van der Waals surface area (Å²) in [6, 6.07) is 0. The lowest BCUT2D eigenvalue weighted by Crippen LogP contribution is -2.48. The van der Waals surface area contributed by atoms with E-state index in [2.05, 4.69) is 0 Å². The van der Waals surface area contributed by atoms with E-state index in [1.54, 1.807) is 0 Å². The number of hydrogen-bond acceptors (Lipinski definition) is 2. The number of ketones is 1. The van der Waals surface area contributed by atoms with Gasteiger partial charge in [0, 0.05) is 5.92 Å². The molecular weight excluding hydrogens is 176 g/mol. The summed E-state index contributed by atoms with van der Waals surface area (Å²) in [5.41, 5.74) is 0. The van der Waals surface area contributed by atoms with Crippen molar-refractivity contribution in [3.63, 3.8) is 0 Å². The first kappa shape index (κ1) is 8.63. The molecule has 0 atom stereocenters. The Bertz CT molecular complexity index is 254. The molecule has 4 aliphatic carbocycles. The van der Waals surface area contributed by atoms with E-state index in [1.807, 2.05) is 0 Å². The second kappa shape index (κ2) is 2.91. The molecule has 4 bridgehead atoms. The Morgan fingerprint density at radius 3 is 1.86 bits per heavy atom. The Hall–Kier alpha value is -0.660. The number of hydrogen-bond donors (Lipinski definition) is 0. The molecule has 0 radical (unpaired) electrons. The van der Waals surface area contributed by atoms with Gasteiger partial charge in [0.2, 0.25) is 0 Å². The summed E-state index contributed by atoms with van der Waals surface area (Å²) in [5.74, 6) is 2.88. The molecule has 4 saturated carbocycles. The Balaban J connectivity index is 1.87. The van der Waals surface area contributed by atoms with Gasteiger partial charge in [-0.3, -0.25) is 9.59 Å². The van der Waals surface area contributed by atoms with Crippen LogP contribution in [-0.4, -0.2) is 12.1 Å². The van der Waals surface area contributed by atoms with Crippen LogP contribution in [-0.2, 0) is 9.59 Å². The van der Waals surface area contributed by atoms with Crippen molar-refractivity contribution in [1.82, 2.24) is 0 Å². The molecule has 0 aromatic rings. The minimum Gasteiger partial charge on any atom is -0.295 e. The van der Waals surface area contributed by atoms with E-state index in [9.17, 15) is 9.59 Å². The zero-order valence-corrected chi connectivity index (χ0v) is 8.32. The van der Waals surface area contributed by atoms with Crippen LogP contribution in [0.25, 0.3) is 0 Å². The van der Waals surface area contributed by atoms with E-state index in [4.69, 9.17) is 0 Å². The second-order valence-corrected chi connectivity index (χ2v) is 5.48. The van der Waals surface area contributed by atoms with E-state index in [0.29, 0.717) is 18.1 Å². The highest BCUT2D eigenvalue weighted by atomic mass is 16.2. The first-order chi connectivity index (χ1) is 6.78. The first-order valence-corrected chi connectivity index (χ1v) is 5.77. The lowest BCUT2D eigenvalue weighted by Gasteiger charge is -2.53. The molecule has 76 valence electrons. The molecule has 4 rings (SSSR count). The Labute approximate surface area is 84.1 Å². The van der Waals surface area contributed by atoms with Crippen LogP contribution >= 0.6 is 0 Å². The summed E-state index contributed by atoms with van der Waals surface area (Å²) in [7, 11) is 0. The normalized spacial score (nSPS) is 49.3. The van der Waals surface area contributed by atoms with Crippen molar-refractivity contribution in [2.75, 3.05) is 0 Å². The highest BCUT2D eigenvalue weighted by Gasteiger charge is 2.50. The first-order valence-electron chi connectivity index (χ1n) is 5.77. The summed E-state index contributed by atoms with van der Waals surface area (Å²) in [4.78, 5) is 22.1. The van der Waals surface area contributed by atoms with E-state index in [1.165, 1.54) is 32.1 Å². The molecule has 14 heavy (non-hydrogen) atoms. The minimum atomic E-state index is -0.112. The van der Waals surface area contributed by atoms with Crippen molar-refractivity contribution in [3.8, 4) is 0 Å². The predicted octanol–water partition coefficient (Wildman–Crippen LogP) is 1.83. The molecular formula is C12H16O2. The van der Waals surface area contributed by atoms with Crippen molar-refractivity contribution < 1.29 is 9.59 Å². The minimum absolute atomic E-state index is 0.111. The van der Waals surface area contributed by atoms with Gasteiger partial charge < -0.3 is 0 Å². The van der Waals surface area contributed by atoms with Gasteiger partial charge in [0.15, 0.2) is 12.1 Å². The fourth-order valence-corrected chi connectivity index (χ4v) is 4.47. The van der Waals surface area contributed by atoms with Crippen LogP contribution in [0.2, 0.25) is 0 Å². The van der Waals surface area contributed by atoms with Crippen LogP contribution in [0.5, 0.6) is 0 Å². The van der Waals surface area contributed by atoms with Crippen molar-refractivity contribution in [1.29, 1.82) is 0 Å². The quantitative estimate of drug-likeness (QED) is 0.494. The molecule has 0 amide bonds. The summed E-state index contributed by atoms with van der Waals surface area (Å²) in [5, 5.41) is 0. The van der Waals surface area contributed by atoms with Gasteiger partial charge in [0.05, 0.1) is 0 Å². The number of rotatable bonds is 2. The zero-order valence-electron chi connectivity index (χ0n) is 8.32. The van der Waals surface area contributed by atoms with Crippen molar-refractivity contribution >= 4 is 12.1 Å². The predicted molar refractivity (Wildman–Crippen MR) is 51.6 cm³/mol. The van der Waals surface area contributed by atoms with Crippen LogP contribution in [0.15, 0.2) is 0 Å². The molecule has 0 unspecified atom stereocenters. The lowest BCUT2D eigenvalue weighted by atomic mass is 9.51. The Morgan fingerprint density at radius 2 is 1.43 bits per heavy atom. The van der Waals surface area contributed by atoms with Crippen LogP contribution in [0.1, 0.15) is 32.1 Å². The molecule has 0 aromatic carbocycles. The average molecular weight is 192 g/mol. The van der Waals surface area contributed by atoms with Gasteiger partial charge in [0.25, 0.3) is 0 Å². The zero-order chi connectivity index (χ0) is 9.71. The maximum Gasteiger partial charge on any atom is 0.198 e. The van der Waals surface area contributed by atoms with Crippen molar-refractivity contribution in [3.05, 3.63) is 0 Å². The Morgan fingerprint density at radius 1 is 0.929 bits per heavy atom. The molecule has 4 aliphatic rings. The van der Waals surface area contributed by atoms with E-state index in [0.717, 1.165) is 11.8 Å². The van der Waals surface area contributed by atoms with Gasteiger partial charge in [-0.15, -0.1) is 0 Å². The third-order valence-corrected chi connectivity index (χ3v) is 4.67. The molecule has 0 aliphatic heterocycles. The fraction of sp³-hybridized carbons (Fsp3) is 0.833. The van der Waals surface area contributed by atoms with Gasteiger partial charge in [-0.1, -0.05) is 0 Å². The van der Waals surface area contributed by atoms with E-state index >= 15 is 0 Å². The molecule has 0 N–H and O–H groups in total. The number of aldehydes is 1. The number of Topliss-reactive ketones (excluding diaryl/α,β-unsaturated/α-hetero) is 1. The summed E-state index contributed by atoms with van der Waals surface area (Å²) in [6.07, 6.45) is 6.84. The summed E-state index contributed by atoms with van der Waals surface area (Å²) >= 11 is 0. The monoisotopic (exact) mass is 192 g/mol. The SMILES string of the molecule is O=CC(=O)C1C2CC3CC(C2)CC1C3. The van der Waals surface area contributed by atoms with Crippen molar-refractivity contribution in [2.45, 2.75) is 32.1 Å². The number of carbonyl (C=O) groups is 2. The highest BCUT2D eigenvalue weighted by Crippen LogP contribution is 2.56. The summed E-state index contributed by atoms with van der Waals surface area (Å²) < 4.78 is 0. The average Bonchev–Trinajstić information content (AvgIpc) is 2.15. The highest BCUT2D eigenvalue weighted by molar-refractivity contribution is 6.26. The molecule has 0 saturated heterocycles. The van der Waals surface area contributed by atoms with Gasteiger partial charge >= 0.3 is 0 Å². The third-order valence-electron chi connectivity index (χ3n) is 4.67. The molecule has 2 heteroatoms. The molecule has 0 aromatic heterocycles. The van der Waals surface area contributed by atoms with E-state index in [-0.39, 0.29) is 11.7 Å². The second-order valence-electron chi connectivity index (χ2n) is 5.48. The lowest BCUT2D eigenvalue weighted by molar-refractivity contribution is -0.142. The molecule has 4 fully saturated rings. The van der Waals surface area contributed by atoms with Gasteiger partial charge in [-0.05, 0) is 55.8 Å². The fourth-order valence-electron chi connectivity index (χ4n) is 4.47. The van der Waals surface area contributed by atoms with Crippen LogP contribution in [0.4, 0.5) is 0 Å². The maximum absolute atomic E-state index is 11.5. The Kier molecular flexibility index (Phi) is 1.80. The summed E-state index contributed by atoms with van der Waals surface area (Å²) in [6.45, 7) is 0. The standard InChI is InChI=1S/C12H16O2/c13-6-11(14)12-9-2-7-1-8(4-9)5-10(12)3-7/h6-10,12H,1-5H2. The van der Waals surface area contributed by atoms with Crippen molar-refractivity contribution in [2.24, 2.45) is 29.6 Å². The van der Waals surface area contributed by atoms with Gasteiger partial charge in [0.1, 0.15) is 0 Å². The molecule has 0 spiro atoms. The largest absolute Gasteiger partial charge is 0.295 e. The van der Waals surface area contributed by atoms with Crippen LogP contribution < -0.4 is 0 Å². The topological polar surface area (TPSA) is 34.1 Å². The van der Waals surface area contributed by atoms with Crippen LogP contribution in [0.3, 0.4) is 0 Å². The molecule has 2 nitrogen and oxygen atoms in total. The maximum atomic E-state index is 11.5. The van der Waals surface area contributed by atoms with Crippen LogP contribution in [0, 0.1) is 29.6 Å². The third kappa shape index (κ3) is 1.09.